The van der Waals surface area contributed by atoms with Gasteiger partial charge in [0.2, 0.25) is 15.0 Å². The van der Waals surface area contributed by atoms with Gasteiger partial charge in [-0.1, -0.05) is 11.6 Å². The van der Waals surface area contributed by atoms with Crippen molar-refractivity contribution in [2.75, 3.05) is 17.2 Å². The van der Waals surface area contributed by atoms with Crippen molar-refractivity contribution >= 4 is 58.9 Å². The van der Waals surface area contributed by atoms with E-state index in [0.717, 1.165) is 10.0 Å². The topological polar surface area (TPSA) is 54.5 Å². The maximum absolute atomic E-state index is 12.1. The van der Waals surface area contributed by atoms with Gasteiger partial charge in [-0.3, -0.25) is 4.79 Å². The molecule has 0 radical (unpaired) electrons. The molecule has 0 aliphatic carbocycles. The Kier molecular flexibility index (Phi) is 4.69. The van der Waals surface area contributed by atoms with Crippen LogP contribution in [0.25, 0.3) is 0 Å². The first kappa shape index (κ1) is 16.1. The summed E-state index contributed by atoms with van der Waals surface area (Å²) < 4.78 is 23.0. The molecule has 1 aliphatic rings. The fourth-order valence-electron chi connectivity index (χ4n) is 2.34. The van der Waals surface area contributed by atoms with Gasteiger partial charge in [-0.15, -0.1) is 0 Å². The van der Waals surface area contributed by atoms with Crippen molar-refractivity contribution in [2.24, 2.45) is 5.92 Å². The lowest BCUT2D eigenvalue weighted by atomic mass is 10.1. The molecule has 1 aliphatic heterocycles. The highest BCUT2D eigenvalue weighted by atomic mass is 79.9. The molecule has 1 unspecified atom stereocenters. The molecule has 4 nitrogen and oxygen atoms in total. The fourth-order valence-corrected chi connectivity index (χ4v) is 4.25. The maximum Gasteiger partial charge on any atom is 0.232 e. The van der Waals surface area contributed by atoms with Crippen molar-refractivity contribution in [3.8, 4) is 0 Å². The van der Waals surface area contributed by atoms with Gasteiger partial charge in [0.05, 0.1) is 10.8 Å². The van der Waals surface area contributed by atoms with Gasteiger partial charge < -0.3 is 4.90 Å². The molecule has 0 saturated carbocycles. The molecule has 1 amide bonds. The number of rotatable bonds is 3. The fraction of sp³-hybridized carbons (Fsp3) is 0.417. The summed E-state index contributed by atoms with van der Waals surface area (Å²) in [5.74, 6) is -0.594. The Hall–Kier alpha value is -0.300. The third-order valence-corrected chi connectivity index (χ3v) is 5.87. The predicted octanol–water partition coefficient (Wildman–Crippen LogP) is 3.33. The molecule has 0 aromatic heterocycles. The molecule has 0 spiro atoms. The molecule has 1 heterocycles. The number of hydrogen-bond acceptors (Lipinski definition) is 3. The Morgan fingerprint density at radius 1 is 1.45 bits per heavy atom. The summed E-state index contributed by atoms with van der Waals surface area (Å²) in [6, 6.07) is 3.56. The van der Waals surface area contributed by atoms with E-state index in [-0.39, 0.29) is 24.0 Å². The average molecular weight is 401 g/mol. The molecular weight excluding hydrogens is 389 g/mol. The van der Waals surface area contributed by atoms with Crippen molar-refractivity contribution in [2.45, 2.75) is 13.3 Å². The van der Waals surface area contributed by atoms with Crippen molar-refractivity contribution < 1.29 is 13.2 Å². The average Bonchev–Trinajstić information content (AvgIpc) is 2.65. The summed E-state index contributed by atoms with van der Waals surface area (Å²) >= 11 is 9.47. The Labute approximate surface area is 135 Å². The number of hydrogen-bond donors (Lipinski definition) is 0. The van der Waals surface area contributed by atoms with Crippen LogP contribution < -0.4 is 4.90 Å². The van der Waals surface area contributed by atoms with Gasteiger partial charge in [0.25, 0.3) is 0 Å². The van der Waals surface area contributed by atoms with Crippen molar-refractivity contribution in [3.63, 3.8) is 0 Å². The summed E-state index contributed by atoms with van der Waals surface area (Å²) in [5, 5.41) is 0.545. The van der Waals surface area contributed by atoms with Gasteiger partial charge >= 0.3 is 0 Å². The molecule has 1 aromatic rings. The van der Waals surface area contributed by atoms with Gasteiger partial charge in [-0.25, -0.2) is 8.42 Å². The summed E-state index contributed by atoms with van der Waals surface area (Å²) in [6.07, 6.45) is 0.180. The first-order chi connectivity index (χ1) is 9.19. The third kappa shape index (κ3) is 3.47. The largest absolute Gasteiger partial charge is 0.312 e. The van der Waals surface area contributed by atoms with E-state index in [9.17, 15) is 13.2 Å². The quantitative estimate of drug-likeness (QED) is 0.731. The van der Waals surface area contributed by atoms with Crippen LogP contribution in [0.2, 0.25) is 5.02 Å². The number of carbonyl (C=O) groups excluding carboxylic acids is 1. The monoisotopic (exact) mass is 399 g/mol. The van der Waals surface area contributed by atoms with Gasteiger partial charge in [0, 0.05) is 39.7 Å². The van der Waals surface area contributed by atoms with Crippen LogP contribution in [0.5, 0.6) is 0 Å². The SMILES string of the molecule is Cc1c(N2CC(CS(=O)(=O)Cl)CC2=O)ccc(Br)c1Cl. The second-order valence-corrected chi connectivity index (χ2v) is 8.84. The zero-order valence-electron chi connectivity index (χ0n) is 10.6. The Morgan fingerprint density at radius 3 is 2.70 bits per heavy atom. The van der Waals surface area contributed by atoms with Crippen molar-refractivity contribution in [1.29, 1.82) is 0 Å². The molecule has 110 valence electrons. The summed E-state index contributed by atoms with van der Waals surface area (Å²) in [6.45, 7) is 2.16. The Morgan fingerprint density at radius 2 is 2.10 bits per heavy atom. The summed E-state index contributed by atoms with van der Waals surface area (Å²) in [7, 11) is 1.65. The van der Waals surface area contributed by atoms with E-state index in [0.29, 0.717) is 17.3 Å². The number of nitrogens with zero attached hydrogens (tertiary/aromatic N) is 1. The zero-order chi connectivity index (χ0) is 15.1. The number of benzene rings is 1. The Balaban J connectivity index is 2.27. The molecule has 0 bridgehead atoms. The minimum atomic E-state index is -3.60. The van der Waals surface area contributed by atoms with Gasteiger partial charge in [0.15, 0.2) is 0 Å². The first-order valence-corrected chi connectivity index (χ1v) is 9.51. The van der Waals surface area contributed by atoms with E-state index < -0.39 is 9.05 Å². The molecule has 2 rings (SSSR count). The van der Waals surface area contributed by atoms with Gasteiger partial charge in [-0.2, -0.15) is 0 Å². The predicted molar refractivity (Wildman–Crippen MR) is 84.0 cm³/mol. The molecule has 1 fully saturated rings. The lowest BCUT2D eigenvalue weighted by molar-refractivity contribution is -0.117. The van der Waals surface area contributed by atoms with E-state index in [1.807, 2.05) is 6.92 Å². The molecule has 1 saturated heterocycles. The van der Waals surface area contributed by atoms with E-state index in [1.165, 1.54) is 0 Å². The smallest absolute Gasteiger partial charge is 0.232 e. The minimum Gasteiger partial charge on any atom is -0.312 e. The van der Waals surface area contributed by atoms with Crippen LogP contribution in [0.3, 0.4) is 0 Å². The number of halogens is 3. The second kappa shape index (κ2) is 5.83. The third-order valence-electron chi connectivity index (χ3n) is 3.24. The number of carbonyl (C=O) groups is 1. The second-order valence-electron chi connectivity index (χ2n) is 4.79. The van der Waals surface area contributed by atoms with E-state index in [4.69, 9.17) is 22.3 Å². The lowest BCUT2D eigenvalue weighted by Crippen LogP contribution is -2.26. The standard InChI is InChI=1S/C12H12BrCl2NO3S/c1-7-10(3-2-9(13)12(7)14)16-5-8(4-11(16)17)6-20(15,18)19/h2-3,8H,4-6H2,1H3. The normalized spacial score (nSPS) is 19.7. The van der Waals surface area contributed by atoms with Crippen LogP contribution in [-0.2, 0) is 13.8 Å². The number of amides is 1. The summed E-state index contributed by atoms with van der Waals surface area (Å²) in [4.78, 5) is 13.6. The lowest BCUT2D eigenvalue weighted by Gasteiger charge is -2.20. The highest BCUT2D eigenvalue weighted by Crippen LogP contribution is 2.36. The number of anilines is 1. The first-order valence-electron chi connectivity index (χ1n) is 5.86. The van der Waals surface area contributed by atoms with E-state index in [2.05, 4.69) is 15.9 Å². The van der Waals surface area contributed by atoms with Crippen LogP contribution >= 0.6 is 38.2 Å². The molecule has 0 N–H and O–H groups in total. The Bertz CT molecular complexity index is 663. The van der Waals surface area contributed by atoms with Crippen LogP contribution in [0.15, 0.2) is 16.6 Å². The van der Waals surface area contributed by atoms with Gasteiger partial charge in [-0.05, 0) is 40.5 Å². The van der Waals surface area contributed by atoms with Crippen molar-refractivity contribution in [3.05, 3.63) is 27.2 Å². The van der Waals surface area contributed by atoms with Crippen LogP contribution in [-0.4, -0.2) is 26.6 Å². The van der Waals surface area contributed by atoms with Crippen molar-refractivity contribution in [1.82, 2.24) is 0 Å². The molecule has 8 heteroatoms. The highest BCUT2D eigenvalue weighted by Gasteiger charge is 2.34. The highest BCUT2D eigenvalue weighted by molar-refractivity contribution is 9.10. The molecule has 20 heavy (non-hydrogen) atoms. The van der Waals surface area contributed by atoms with Crippen LogP contribution in [0, 0.1) is 12.8 Å². The van der Waals surface area contributed by atoms with Gasteiger partial charge in [0.1, 0.15) is 0 Å². The molecular formula is C12H12BrCl2NO3S. The molecule has 1 aromatic carbocycles. The van der Waals surface area contributed by atoms with Crippen LogP contribution in [0.4, 0.5) is 5.69 Å². The molecule has 1 atom stereocenters. The maximum atomic E-state index is 12.1. The summed E-state index contributed by atoms with van der Waals surface area (Å²) in [5.41, 5.74) is 1.49. The van der Waals surface area contributed by atoms with E-state index in [1.54, 1.807) is 17.0 Å². The zero-order valence-corrected chi connectivity index (χ0v) is 14.5. The minimum absolute atomic E-state index is 0.114. The van der Waals surface area contributed by atoms with Crippen LogP contribution in [0.1, 0.15) is 12.0 Å². The van der Waals surface area contributed by atoms with E-state index >= 15 is 0 Å².